The average molecular weight is 281 g/mol. The van der Waals surface area contributed by atoms with Crippen molar-refractivity contribution in [2.24, 2.45) is 5.92 Å². The minimum absolute atomic E-state index is 0.0803. The zero-order valence-electron chi connectivity index (χ0n) is 12.6. The molecule has 0 rings (SSSR count). The van der Waals surface area contributed by atoms with Crippen molar-refractivity contribution in [2.75, 3.05) is 6.54 Å². The fourth-order valence-electron chi connectivity index (χ4n) is 1.27. The SMILES string of the molecule is CC(C)CNC(=O)/C=C/C=C/CC/C=C\C(O)C(C)O. The van der Waals surface area contributed by atoms with Crippen molar-refractivity contribution in [1.29, 1.82) is 0 Å². The van der Waals surface area contributed by atoms with Gasteiger partial charge >= 0.3 is 0 Å². The number of hydrogen-bond acceptors (Lipinski definition) is 3. The van der Waals surface area contributed by atoms with Crippen LogP contribution in [0.1, 0.15) is 33.6 Å². The highest BCUT2D eigenvalue weighted by Gasteiger charge is 2.04. The van der Waals surface area contributed by atoms with Crippen LogP contribution in [0.4, 0.5) is 0 Å². The van der Waals surface area contributed by atoms with Crippen molar-refractivity contribution in [2.45, 2.75) is 45.8 Å². The maximum atomic E-state index is 11.3. The highest BCUT2D eigenvalue weighted by atomic mass is 16.3. The predicted octanol–water partition coefficient (Wildman–Crippen LogP) is 1.95. The van der Waals surface area contributed by atoms with Crippen LogP contribution in [0.2, 0.25) is 0 Å². The van der Waals surface area contributed by atoms with E-state index in [2.05, 4.69) is 5.32 Å². The second-order valence-electron chi connectivity index (χ2n) is 5.16. The molecular weight excluding hydrogens is 254 g/mol. The molecule has 0 aliphatic rings. The molecule has 4 heteroatoms. The van der Waals surface area contributed by atoms with Crippen molar-refractivity contribution in [3.8, 4) is 0 Å². The van der Waals surface area contributed by atoms with Crippen LogP contribution < -0.4 is 5.32 Å². The van der Waals surface area contributed by atoms with Crippen molar-refractivity contribution in [3.05, 3.63) is 36.5 Å². The lowest BCUT2D eigenvalue weighted by Gasteiger charge is -2.07. The molecule has 1 amide bonds. The van der Waals surface area contributed by atoms with E-state index >= 15 is 0 Å². The van der Waals surface area contributed by atoms with Crippen molar-refractivity contribution in [1.82, 2.24) is 5.32 Å². The molecule has 0 saturated heterocycles. The van der Waals surface area contributed by atoms with E-state index in [4.69, 9.17) is 5.11 Å². The lowest BCUT2D eigenvalue weighted by Crippen LogP contribution is -2.25. The number of hydrogen-bond donors (Lipinski definition) is 3. The van der Waals surface area contributed by atoms with E-state index in [1.165, 1.54) is 6.08 Å². The molecule has 0 saturated carbocycles. The molecule has 3 N–H and O–H groups in total. The number of carbonyl (C=O) groups is 1. The molecule has 0 heterocycles. The van der Waals surface area contributed by atoms with E-state index in [0.717, 1.165) is 12.8 Å². The van der Waals surface area contributed by atoms with Crippen LogP contribution in [0.25, 0.3) is 0 Å². The number of aliphatic hydroxyl groups is 2. The Morgan fingerprint density at radius 3 is 2.35 bits per heavy atom. The van der Waals surface area contributed by atoms with Crippen LogP contribution in [-0.2, 0) is 4.79 Å². The van der Waals surface area contributed by atoms with Gasteiger partial charge in [-0.25, -0.2) is 0 Å². The zero-order chi connectivity index (χ0) is 15.4. The van der Waals surface area contributed by atoms with Crippen LogP contribution in [0.15, 0.2) is 36.5 Å². The normalized spacial score (nSPS) is 15.5. The lowest BCUT2D eigenvalue weighted by atomic mass is 10.2. The first kappa shape index (κ1) is 18.6. The summed E-state index contributed by atoms with van der Waals surface area (Å²) in [4.78, 5) is 11.3. The molecule has 0 aromatic carbocycles. The molecule has 0 aromatic rings. The number of unbranched alkanes of at least 4 members (excludes halogenated alkanes) is 1. The topological polar surface area (TPSA) is 69.6 Å². The molecule has 4 nitrogen and oxygen atoms in total. The van der Waals surface area contributed by atoms with Crippen LogP contribution >= 0.6 is 0 Å². The van der Waals surface area contributed by atoms with Gasteiger partial charge in [-0.15, -0.1) is 0 Å². The molecule has 20 heavy (non-hydrogen) atoms. The third kappa shape index (κ3) is 11.7. The molecule has 2 atom stereocenters. The smallest absolute Gasteiger partial charge is 0.243 e. The Bertz CT molecular complexity index is 344. The number of rotatable bonds is 9. The Kier molecular flexibility index (Phi) is 10.6. The minimum Gasteiger partial charge on any atom is -0.390 e. The molecule has 2 unspecified atom stereocenters. The molecule has 0 spiro atoms. The van der Waals surface area contributed by atoms with Gasteiger partial charge < -0.3 is 15.5 Å². The Labute approximate surface area is 121 Å². The molecular formula is C16H27NO3. The Morgan fingerprint density at radius 1 is 1.10 bits per heavy atom. The van der Waals surface area contributed by atoms with E-state index in [-0.39, 0.29) is 5.91 Å². The second-order valence-corrected chi connectivity index (χ2v) is 5.16. The highest BCUT2D eigenvalue weighted by molar-refractivity contribution is 5.87. The fraction of sp³-hybridized carbons (Fsp3) is 0.562. The lowest BCUT2D eigenvalue weighted by molar-refractivity contribution is -0.116. The second kappa shape index (κ2) is 11.4. The molecule has 0 bridgehead atoms. The van der Waals surface area contributed by atoms with Gasteiger partial charge in [0.2, 0.25) is 5.91 Å². The third-order valence-electron chi connectivity index (χ3n) is 2.51. The van der Waals surface area contributed by atoms with Crippen LogP contribution in [0.5, 0.6) is 0 Å². The van der Waals surface area contributed by atoms with Gasteiger partial charge in [0.25, 0.3) is 0 Å². The first-order valence-corrected chi connectivity index (χ1v) is 7.07. The molecule has 0 aliphatic heterocycles. The van der Waals surface area contributed by atoms with Crippen LogP contribution in [0.3, 0.4) is 0 Å². The van der Waals surface area contributed by atoms with E-state index < -0.39 is 12.2 Å². The number of carbonyl (C=O) groups excluding carboxylic acids is 1. The molecule has 0 aliphatic carbocycles. The third-order valence-corrected chi connectivity index (χ3v) is 2.51. The molecule has 0 radical (unpaired) electrons. The largest absolute Gasteiger partial charge is 0.390 e. The molecule has 0 aromatic heterocycles. The summed E-state index contributed by atoms with van der Waals surface area (Å²) in [5.74, 6) is 0.370. The van der Waals surface area contributed by atoms with Gasteiger partial charge in [0.1, 0.15) is 0 Å². The van der Waals surface area contributed by atoms with Crippen molar-refractivity contribution in [3.63, 3.8) is 0 Å². The summed E-state index contributed by atoms with van der Waals surface area (Å²) in [6, 6.07) is 0. The van der Waals surface area contributed by atoms with E-state index in [1.807, 2.05) is 32.1 Å². The van der Waals surface area contributed by atoms with Crippen molar-refractivity contribution >= 4 is 5.91 Å². The Hall–Kier alpha value is -1.39. The van der Waals surface area contributed by atoms with Gasteiger partial charge in [-0.3, -0.25) is 4.79 Å². The van der Waals surface area contributed by atoms with E-state index in [0.29, 0.717) is 12.5 Å². The number of amides is 1. The Morgan fingerprint density at radius 2 is 1.75 bits per heavy atom. The van der Waals surface area contributed by atoms with Crippen LogP contribution in [0, 0.1) is 5.92 Å². The summed E-state index contributed by atoms with van der Waals surface area (Å²) in [5.41, 5.74) is 0. The quantitative estimate of drug-likeness (QED) is 0.262. The summed E-state index contributed by atoms with van der Waals surface area (Å²) in [7, 11) is 0. The highest BCUT2D eigenvalue weighted by Crippen LogP contribution is 1.98. The first-order chi connectivity index (χ1) is 9.43. The number of nitrogens with one attached hydrogen (secondary N) is 1. The summed E-state index contributed by atoms with van der Waals surface area (Å²) in [6.45, 7) is 6.32. The van der Waals surface area contributed by atoms with E-state index in [1.54, 1.807) is 19.1 Å². The van der Waals surface area contributed by atoms with Gasteiger partial charge in [0.05, 0.1) is 12.2 Å². The van der Waals surface area contributed by atoms with Gasteiger partial charge in [-0.2, -0.15) is 0 Å². The van der Waals surface area contributed by atoms with Crippen LogP contribution in [-0.4, -0.2) is 34.9 Å². The van der Waals surface area contributed by atoms with Gasteiger partial charge in [-0.1, -0.05) is 44.2 Å². The first-order valence-electron chi connectivity index (χ1n) is 7.07. The monoisotopic (exact) mass is 281 g/mol. The summed E-state index contributed by atoms with van der Waals surface area (Å²) in [5, 5.41) is 21.2. The zero-order valence-corrected chi connectivity index (χ0v) is 12.6. The number of aliphatic hydroxyl groups excluding tert-OH is 2. The van der Waals surface area contributed by atoms with E-state index in [9.17, 15) is 9.90 Å². The maximum absolute atomic E-state index is 11.3. The van der Waals surface area contributed by atoms with Gasteiger partial charge in [0.15, 0.2) is 0 Å². The van der Waals surface area contributed by atoms with Crippen molar-refractivity contribution < 1.29 is 15.0 Å². The summed E-state index contributed by atoms with van der Waals surface area (Å²) in [6.07, 6.45) is 10.5. The molecule has 0 fully saturated rings. The standard InChI is InChI=1S/C16H27NO3/c1-13(2)12-17-16(20)11-9-7-5-4-6-8-10-15(19)14(3)18/h5,7-11,13-15,18-19H,4,6,12H2,1-3H3,(H,17,20)/b7-5+,10-8-,11-9+. The molecule has 114 valence electrons. The van der Waals surface area contributed by atoms with Gasteiger partial charge in [0, 0.05) is 12.6 Å². The predicted molar refractivity (Wildman–Crippen MR) is 82.2 cm³/mol. The minimum atomic E-state index is -0.802. The summed E-state index contributed by atoms with van der Waals surface area (Å²) < 4.78 is 0. The summed E-state index contributed by atoms with van der Waals surface area (Å²) >= 11 is 0. The fourth-order valence-corrected chi connectivity index (χ4v) is 1.27. The maximum Gasteiger partial charge on any atom is 0.243 e. The average Bonchev–Trinajstić information content (AvgIpc) is 2.38. The Balaban J connectivity index is 3.73. The van der Waals surface area contributed by atoms with Gasteiger partial charge in [-0.05, 0) is 25.7 Å². The number of allylic oxidation sites excluding steroid dienone is 4.